The summed E-state index contributed by atoms with van der Waals surface area (Å²) >= 11 is 1.41. The zero-order valence-corrected chi connectivity index (χ0v) is 11.3. The lowest BCUT2D eigenvalue weighted by molar-refractivity contribution is 0.102. The molecule has 0 amide bonds. The molecular formula is C13H15N3OS. The highest BCUT2D eigenvalue weighted by Gasteiger charge is 2.10. The van der Waals surface area contributed by atoms with E-state index >= 15 is 0 Å². The third-order valence-electron chi connectivity index (χ3n) is 2.50. The van der Waals surface area contributed by atoms with E-state index < -0.39 is 0 Å². The molecule has 2 aromatic heterocycles. The summed E-state index contributed by atoms with van der Waals surface area (Å²) in [6.45, 7) is 4.19. The van der Waals surface area contributed by atoms with Crippen molar-refractivity contribution < 1.29 is 4.79 Å². The van der Waals surface area contributed by atoms with Crippen LogP contribution in [0.2, 0.25) is 0 Å². The van der Waals surface area contributed by atoms with Crippen molar-refractivity contribution >= 4 is 22.3 Å². The summed E-state index contributed by atoms with van der Waals surface area (Å²) in [4.78, 5) is 20.6. The van der Waals surface area contributed by atoms with Gasteiger partial charge in [-0.1, -0.05) is 17.4 Å². The molecule has 0 atom stereocenters. The van der Waals surface area contributed by atoms with Gasteiger partial charge in [0.2, 0.25) is 0 Å². The number of hydrogen-bond acceptors (Lipinski definition) is 5. The van der Waals surface area contributed by atoms with E-state index in [-0.39, 0.29) is 5.78 Å². The Hall–Kier alpha value is -1.75. The molecule has 94 valence electrons. The molecule has 0 bridgehead atoms. The third kappa shape index (κ3) is 3.13. The molecule has 4 nitrogen and oxygen atoms in total. The Morgan fingerprint density at radius 3 is 2.89 bits per heavy atom. The fourth-order valence-electron chi connectivity index (χ4n) is 1.64. The Kier molecular flexibility index (Phi) is 4.04. The smallest absolute Gasteiger partial charge is 0.183 e. The van der Waals surface area contributed by atoms with Crippen LogP contribution in [0, 0.1) is 6.92 Å². The molecule has 0 aliphatic rings. The predicted molar refractivity (Wildman–Crippen MR) is 73.3 cm³/mol. The fourth-order valence-corrected chi connectivity index (χ4v) is 2.53. The summed E-state index contributed by atoms with van der Waals surface area (Å²) in [6, 6.07) is 5.87. The van der Waals surface area contributed by atoms with Crippen LogP contribution in [-0.2, 0) is 6.42 Å². The largest absolute Gasteiger partial charge is 0.361 e. The summed E-state index contributed by atoms with van der Waals surface area (Å²) < 4.78 is 0. The number of aromatic nitrogens is 2. The van der Waals surface area contributed by atoms with Crippen molar-refractivity contribution in [1.29, 1.82) is 0 Å². The van der Waals surface area contributed by atoms with Gasteiger partial charge in [0.15, 0.2) is 10.9 Å². The molecule has 5 heteroatoms. The van der Waals surface area contributed by atoms with Crippen LogP contribution in [0.5, 0.6) is 0 Å². The topological polar surface area (TPSA) is 54.9 Å². The number of hydrogen-bond donors (Lipinski definition) is 1. The zero-order chi connectivity index (χ0) is 13.0. The van der Waals surface area contributed by atoms with Gasteiger partial charge in [0.25, 0.3) is 0 Å². The highest BCUT2D eigenvalue weighted by Crippen LogP contribution is 2.22. The number of carbonyl (C=O) groups excluding carboxylic acids is 1. The Bertz CT molecular complexity index is 536. The molecule has 0 aliphatic carbocycles. The third-order valence-corrected chi connectivity index (χ3v) is 3.72. The molecule has 1 N–H and O–H groups in total. The van der Waals surface area contributed by atoms with Crippen LogP contribution in [0.4, 0.5) is 5.13 Å². The number of Topliss-reactive ketones (excluding diaryl/α,β-unsaturated/α-hetero) is 1. The van der Waals surface area contributed by atoms with E-state index in [0.717, 1.165) is 34.4 Å². The number of thiazole rings is 1. The minimum atomic E-state index is 0.0720. The maximum Gasteiger partial charge on any atom is 0.183 e. The van der Waals surface area contributed by atoms with Gasteiger partial charge in [0.1, 0.15) is 0 Å². The van der Waals surface area contributed by atoms with E-state index in [1.54, 1.807) is 13.1 Å². The van der Waals surface area contributed by atoms with E-state index in [0.29, 0.717) is 0 Å². The van der Waals surface area contributed by atoms with Crippen LogP contribution in [0.3, 0.4) is 0 Å². The number of aryl methyl sites for hydroxylation is 1. The van der Waals surface area contributed by atoms with Crippen LogP contribution in [0.1, 0.15) is 28.0 Å². The van der Waals surface area contributed by atoms with Crippen molar-refractivity contribution in [1.82, 2.24) is 9.97 Å². The van der Waals surface area contributed by atoms with Crippen molar-refractivity contribution in [2.75, 3.05) is 11.9 Å². The highest BCUT2D eigenvalue weighted by atomic mass is 32.1. The second-order valence-corrected chi connectivity index (χ2v) is 4.99. The molecular weight excluding hydrogens is 246 g/mol. The van der Waals surface area contributed by atoms with Crippen LogP contribution in [0.25, 0.3) is 0 Å². The van der Waals surface area contributed by atoms with Gasteiger partial charge >= 0.3 is 0 Å². The van der Waals surface area contributed by atoms with Crippen LogP contribution in [-0.4, -0.2) is 22.3 Å². The van der Waals surface area contributed by atoms with Gasteiger partial charge in [-0.05, 0) is 19.1 Å². The maximum absolute atomic E-state index is 11.3. The van der Waals surface area contributed by atoms with E-state index in [1.165, 1.54) is 11.3 Å². The fraction of sp³-hybridized carbons (Fsp3) is 0.308. The van der Waals surface area contributed by atoms with Gasteiger partial charge in [-0.3, -0.25) is 9.78 Å². The van der Waals surface area contributed by atoms with E-state index in [4.69, 9.17) is 0 Å². The molecule has 0 unspecified atom stereocenters. The minimum Gasteiger partial charge on any atom is -0.361 e. The molecule has 0 aromatic carbocycles. The van der Waals surface area contributed by atoms with Crippen molar-refractivity contribution in [3.05, 3.63) is 40.7 Å². The first-order chi connectivity index (χ1) is 8.66. The van der Waals surface area contributed by atoms with Gasteiger partial charge in [0, 0.05) is 31.8 Å². The molecule has 0 saturated heterocycles. The zero-order valence-electron chi connectivity index (χ0n) is 10.4. The van der Waals surface area contributed by atoms with Gasteiger partial charge < -0.3 is 5.32 Å². The van der Waals surface area contributed by atoms with Crippen LogP contribution < -0.4 is 5.32 Å². The number of nitrogens with one attached hydrogen (secondary N) is 1. The monoisotopic (exact) mass is 261 g/mol. The van der Waals surface area contributed by atoms with Crippen molar-refractivity contribution in [2.24, 2.45) is 0 Å². The molecule has 18 heavy (non-hydrogen) atoms. The standard InChI is InChI=1S/C13H15N3OS/c1-9-12(10(2)17)18-13(16-9)15-8-6-11-5-3-4-7-14-11/h3-5,7H,6,8H2,1-2H3,(H,15,16). The molecule has 2 aromatic rings. The Morgan fingerprint density at radius 1 is 1.44 bits per heavy atom. The van der Waals surface area contributed by atoms with E-state index in [2.05, 4.69) is 15.3 Å². The summed E-state index contributed by atoms with van der Waals surface area (Å²) in [7, 11) is 0. The Morgan fingerprint density at radius 2 is 2.28 bits per heavy atom. The quantitative estimate of drug-likeness (QED) is 0.841. The molecule has 2 rings (SSSR count). The summed E-state index contributed by atoms with van der Waals surface area (Å²) in [6.07, 6.45) is 2.63. The number of nitrogens with zero attached hydrogens (tertiary/aromatic N) is 2. The average Bonchev–Trinajstić information content (AvgIpc) is 2.72. The van der Waals surface area contributed by atoms with Gasteiger partial charge in [0.05, 0.1) is 10.6 Å². The van der Waals surface area contributed by atoms with E-state index in [1.807, 2.05) is 25.1 Å². The molecule has 0 radical (unpaired) electrons. The molecule has 0 fully saturated rings. The number of pyridine rings is 1. The second kappa shape index (κ2) is 5.73. The predicted octanol–water partition coefficient (Wildman–Crippen LogP) is 2.70. The van der Waals surface area contributed by atoms with Gasteiger partial charge in [-0.15, -0.1) is 0 Å². The first-order valence-corrected chi connectivity index (χ1v) is 6.60. The first-order valence-electron chi connectivity index (χ1n) is 5.79. The Labute approximate surface area is 110 Å². The molecule has 0 aliphatic heterocycles. The summed E-state index contributed by atoms with van der Waals surface area (Å²) in [5, 5.41) is 4.02. The van der Waals surface area contributed by atoms with Gasteiger partial charge in [-0.2, -0.15) is 0 Å². The highest BCUT2D eigenvalue weighted by molar-refractivity contribution is 7.17. The first kappa shape index (κ1) is 12.7. The van der Waals surface area contributed by atoms with Crippen molar-refractivity contribution in [3.63, 3.8) is 0 Å². The lowest BCUT2D eigenvalue weighted by Gasteiger charge is -2.01. The Balaban J connectivity index is 1.91. The molecule has 0 saturated carbocycles. The SMILES string of the molecule is CC(=O)c1sc(NCCc2ccccn2)nc1C. The minimum absolute atomic E-state index is 0.0720. The number of rotatable bonds is 5. The molecule has 2 heterocycles. The van der Waals surface area contributed by atoms with Crippen LogP contribution in [0.15, 0.2) is 24.4 Å². The summed E-state index contributed by atoms with van der Waals surface area (Å²) in [5.41, 5.74) is 1.85. The average molecular weight is 261 g/mol. The van der Waals surface area contributed by atoms with Gasteiger partial charge in [-0.25, -0.2) is 4.98 Å². The maximum atomic E-state index is 11.3. The lowest BCUT2D eigenvalue weighted by atomic mass is 10.3. The van der Waals surface area contributed by atoms with Crippen LogP contribution >= 0.6 is 11.3 Å². The molecule has 0 spiro atoms. The van der Waals surface area contributed by atoms with Crippen molar-refractivity contribution in [3.8, 4) is 0 Å². The van der Waals surface area contributed by atoms with Crippen molar-refractivity contribution in [2.45, 2.75) is 20.3 Å². The number of ketones is 1. The lowest BCUT2D eigenvalue weighted by Crippen LogP contribution is -2.05. The second-order valence-electron chi connectivity index (χ2n) is 3.99. The number of carbonyl (C=O) groups is 1. The number of anilines is 1. The summed E-state index contributed by atoms with van der Waals surface area (Å²) in [5.74, 6) is 0.0720. The van der Waals surface area contributed by atoms with E-state index in [9.17, 15) is 4.79 Å². The normalized spacial score (nSPS) is 10.3.